The molecule has 12 heteroatoms. The molecule has 41 heavy (non-hydrogen) atoms. The summed E-state index contributed by atoms with van der Waals surface area (Å²) in [7, 11) is 1.26. The Bertz CT molecular complexity index is 1320. The van der Waals surface area contributed by atoms with Gasteiger partial charge in [0.2, 0.25) is 0 Å². The van der Waals surface area contributed by atoms with Gasteiger partial charge in [-0.3, -0.25) is 19.1 Å². The van der Waals surface area contributed by atoms with E-state index in [9.17, 15) is 37.1 Å². The van der Waals surface area contributed by atoms with Crippen molar-refractivity contribution in [2.24, 2.45) is 16.7 Å². The molecule has 0 spiro atoms. The van der Waals surface area contributed by atoms with E-state index in [-0.39, 0.29) is 54.9 Å². The van der Waals surface area contributed by atoms with Crippen molar-refractivity contribution in [2.75, 3.05) is 20.2 Å². The summed E-state index contributed by atoms with van der Waals surface area (Å²) in [5.74, 6) is -3.77. The quantitative estimate of drug-likeness (QED) is 0.287. The van der Waals surface area contributed by atoms with E-state index in [1.54, 1.807) is 6.92 Å². The fourth-order valence-corrected chi connectivity index (χ4v) is 6.31. The summed E-state index contributed by atoms with van der Waals surface area (Å²) in [4.78, 5) is 39.7. The summed E-state index contributed by atoms with van der Waals surface area (Å²) >= 11 is 0. The van der Waals surface area contributed by atoms with E-state index >= 15 is 0 Å². The van der Waals surface area contributed by atoms with Crippen molar-refractivity contribution in [3.63, 3.8) is 0 Å². The van der Waals surface area contributed by atoms with Crippen molar-refractivity contribution in [3.05, 3.63) is 47.0 Å². The summed E-state index contributed by atoms with van der Waals surface area (Å²) < 4.78 is 63.9. The molecule has 0 radical (unpaired) electrons. The van der Waals surface area contributed by atoms with E-state index in [0.29, 0.717) is 12.8 Å². The smallest absolute Gasteiger partial charge is 0.433 e. The van der Waals surface area contributed by atoms with Crippen LogP contribution in [0, 0.1) is 22.6 Å². The number of aliphatic carboxylic acids is 1. The third-order valence-electron chi connectivity index (χ3n) is 8.47. The lowest BCUT2D eigenvalue weighted by Crippen LogP contribution is -2.45. The first kappa shape index (κ1) is 30.5. The van der Waals surface area contributed by atoms with E-state index < -0.39 is 58.9 Å². The van der Waals surface area contributed by atoms with Gasteiger partial charge in [-0.05, 0) is 68.9 Å². The monoisotopic (exact) mass is 581 g/mol. The van der Waals surface area contributed by atoms with Gasteiger partial charge in [0, 0.05) is 6.54 Å². The number of ketones is 1. The fraction of sp³-hybridized carbons (Fsp3) is 0.586. The van der Waals surface area contributed by atoms with Crippen LogP contribution in [0.15, 0.2) is 24.4 Å². The van der Waals surface area contributed by atoms with Crippen LogP contribution in [0.3, 0.4) is 0 Å². The molecule has 0 unspecified atom stereocenters. The zero-order valence-corrected chi connectivity index (χ0v) is 23.6. The Balaban J connectivity index is 1.66. The van der Waals surface area contributed by atoms with Gasteiger partial charge >= 0.3 is 12.1 Å². The number of ether oxygens (including phenoxy) is 1. The highest BCUT2D eigenvalue weighted by Crippen LogP contribution is 2.46. The minimum atomic E-state index is -4.95. The minimum Gasteiger partial charge on any atom is -0.496 e. The zero-order valence-electron chi connectivity index (χ0n) is 23.6. The normalized spacial score (nSPS) is 22.6. The molecule has 2 saturated carbocycles. The van der Waals surface area contributed by atoms with Crippen molar-refractivity contribution >= 4 is 17.7 Å². The maximum absolute atomic E-state index is 14.6. The Hall–Kier alpha value is -3.44. The highest BCUT2D eigenvalue weighted by Gasteiger charge is 2.46. The molecule has 1 aromatic carbocycles. The molecule has 0 atom stereocenters. The number of carbonyl (C=O) groups is 3. The van der Waals surface area contributed by atoms with Crippen molar-refractivity contribution in [2.45, 2.75) is 71.5 Å². The fourth-order valence-electron chi connectivity index (χ4n) is 6.31. The molecular weight excluding hydrogens is 546 g/mol. The SMILES string of the molecule is COc1cccc(F)c1C(=O)CN(CC1CC(C)(C)C1)C(=O)c1cnn([C@H]2CC[C@](C)(C(=O)O)CC2)c1C(F)(F)F. The molecule has 1 aromatic heterocycles. The first-order chi connectivity index (χ1) is 19.1. The number of amides is 1. The van der Waals surface area contributed by atoms with Crippen LogP contribution in [-0.2, 0) is 11.0 Å². The number of benzene rings is 1. The van der Waals surface area contributed by atoms with Gasteiger partial charge in [-0.2, -0.15) is 18.3 Å². The van der Waals surface area contributed by atoms with E-state index in [0.717, 1.165) is 21.8 Å². The van der Waals surface area contributed by atoms with Crippen molar-refractivity contribution in [1.29, 1.82) is 0 Å². The van der Waals surface area contributed by atoms with Gasteiger partial charge in [-0.25, -0.2) is 4.39 Å². The molecule has 1 heterocycles. The number of rotatable bonds is 9. The number of nitrogens with zero attached hydrogens (tertiary/aromatic N) is 3. The second-order valence-corrected chi connectivity index (χ2v) is 12.3. The Kier molecular flexibility index (Phi) is 8.26. The molecule has 2 aliphatic rings. The average molecular weight is 582 g/mol. The summed E-state index contributed by atoms with van der Waals surface area (Å²) in [5, 5.41) is 13.5. The summed E-state index contributed by atoms with van der Waals surface area (Å²) in [5.41, 5.74) is -3.34. The molecular formula is C29H35F4N3O5. The largest absolute Gasteiger partial charge is 0.496 e. The molecule has 4 rings (SSSR count). The van der Waals surface area contributed by atoms with Crippen LogP contribution in [0.4, 0.5) is 17.6 Å². The predicted molar refractivity (Wildman–Crippen MR) is 140 cm³/mol. The number of methoxy groups -OCH3 is 1. The van der Waals surface area contributed by atoms with Crippen LogP contribution < -0.4 is 4.74 Å². The first-order valence-corrected chi connectivity index (χ1v) is 13.6. The van der Waals surface area contributed by atoms with Crippen molar-refractivity contribution in [1.82, 2.24) is 14.7 Å². The molecule has 8 nitrogen and oxygen atoms in total. The second-order valence-electron chi connectivity index (χ2n) is 12.3. The zero-order chi connectivity index (χ0) is 30.3. The van der Waals surface area contributed by atoms with E-state index in [2.05, 4.69) is 5.10 Å². The number of hydrogen-bond acceptors (Lipinski definition) is 5. The summed E-state index contributed by atoms with van der Waals surface area (Å²) in [6.07, 6.45) is -2.04. The number of aromatic nitrogens is 2. The number of carboxylic acids is 1. The van der Waals surface area contributed by atoms with Crippen LogP contribution in [0.2, 0.25) is 0 Å². The topological polar surface area (TPSA) is 102 Å². The van der Waals surface area contributed by atoms with Gasteiger partial charge in [-0.15, -0.1) is 0 Å². The lowest BCUT2D eigenvalue weighted by molar-refractivity contribution is -0.152. The molecule has 2 aromatic rings. The Morgan fingerprint density at radius 2 is 1.78 bits per heavy atom. The van der Waals surface area contributed by atoms with Gasteiger partial charge in [0.15, 0.2) is 11.5 Å². The van der Waals surface area contributed by atoms with E-state index in [4.69, 9.17) is 4.74 Å². The number of hydrogen-bond donors (Lipinski definition) is 1. The number of carbonyl (C=O) groups excluding carboxylic acids is 2. The highest BCUT2D eigenvalue weighted by molar-refractivity contribution is 6.04. The third-order valence-corrected chi connectivity index (χ3v) is 8.47. The van der Waals surface area contributed by atoms with Crippen molar-refractivity contribution in [3.8, 4) is 5.75 Å². The summed E-state index contributed by atoms with van der Waals surface area (Å²) in [6, 6.07) is 3.08. The molecule has 0 bridgehead atoms. The maximum Gasteiger partial charge on any atom is 0.433 e. The molecule has 1 amide bonds. The lowest BCUT2D eigenvalue weighted by atomic mass is 9.64. The summed E-state index contributed by atoms with van der Waals surface area (Å²) in [6.45, 7) is 5.02. The maximum atomic E-state index is 14.6. The van der Waals surface area contributed by atoms with Gasteiger partial charge < -0.3 is 14.7 Å². The molecule has 224 valence electrons. The van der Waals surface area contributed by atoms with Gasteiger partial charge in [0.05, 0.1) is 42.4 Å². The first-order valence-electron chi connectivity index (χ1n) is 13.6. The van der Waals surface area contributed by atoms with Crippen LogP contribution in [0.5, 0.6) is 5.75 Å². The van der Waals surface area contributed by atoms with E-state index in [1.807, 2.05) is 13.8 Å². The highest BCUT2D eigenvalue weighted by atomic mass is 19.4. The molecule has 0 saturated heterocycles. The molecule has 1 N–H and O–H groups in total. The second kappa shape index (κ2) is 11.1. The minimum absolute atomic E-state index is 0.00555. The average Bonchev–Trinajstić information content (AvgIpc) is 3.32. The predicted octanol–water partition coefficient (Wildman–Crippen LogP) is 6.02. The van der Waals surface area contributed by atoms with E-state index in [1.165, 1.54) is 19.2 Å². The number of carboxylic acid groups (broad SMARTS) is 1. The number of halogens is 4. The Morgan fingerprint density at radius 3 is 2.32 bits per heavy atom. The number of alkyl halides is 3. The number of Topliss-reactive ketones (excluding diaryl/α,β-unsaturated/α-hetero) is 1. The van der Waals surface area contributed by atoms with Gasteiger partial charge in [-0.1, -0.05) is 19.9 Å². The lowest BCUT2D eigenvalue weighted by Gasteiger charge is -2.44. The van der Waals surface area contributed by atoms with Crippen LogP contribution in [-0.4, -0.2) is 57.6 Å². The third kappa shape index (κ3) is 6.25. The Morgan fingerprint density at radius 1 is 1.15 bits per heavy atom. The molecule has 2 aliphatic carbocycles. The Labute approximate surface area is 235 Å². The van der Waals surface area contributed by atoms with Crippen LogP contribution in [0.1, 0.15) is 91.7 Å². The molecule has 2 fully saturated rings. The standard InChI is InChI=1S/C29H35F4N3O5/c1-27(2)12-17(13-27)15-35(16-21(37)23-20(30)6-5-7-22(23)41-4)25(38)19-14-34-36(24(19)29(31,32)33)18-8-10-28(3,11-9-18)26(39)40/h5-7,14,17-18H,8-13,15-16H2,1-4H3,(H,39,40)/t18-,28-. The molecule has 0 aliphatic heterocycles. The van der Waals surface area contributed by atoms with Gasteiger partial charge in [0.1, 0.15) is 11.6 Å². The van der Waals surface area contributed by atoms with Crippen LogP contribution in [0.25, 0.3) is 0 Å². The van der Waals surface area contributed by atoms with Crippen molar-refractivity contribution < 1.29 is 41.8 Å². The van der Waals surface area contributed by atoms with Gasteiger partial charge in [0.25, 0.3) is 5.91 Å². The van der Waals surface area contributed by atoms with Crippen LogP contribution >= 0.6 is 0 Å².